The lowest BCUT2D eigenvalue weighted by atomic mass is 9.64. The van der Waals surface area contributed by atoms with E-state index in [1.165, 1.54) is 17.5 Å². The highest BCUT2D eigenvalue weighted by atomic mass is 79.9. The van der Waals surface area contributed by atoms with Gasteiger partial charge in [0.05, 0.1) is 0 Å². The molecular formula is C20H28BrNOS. The molecule has 0 aliphatic heterocycles. The molecule has 1 fully saturated rings. The third-order valence-corrected chi connectivity index (χ3v) is 7.71. The van der Waals surface area contributed by atoms with Crippen LogP contribution in [-0.4, -0.2) is 15.0 Å². The van der Waals surface area contributed by atoms with Crippen molar-refractivity contribution in [1.29, 1.82) is 0 Å². The first kappa shape index (κ1) is 18.5. The minimum absolute atomic E-state index is 0.0793. The second kappa shape index (κ2) is 6.44. The molecule has 1 unspecified atom stereocenters. The van der Waals surface area contributed by atoms with Crippen LogP contribution in [0.4, 0.5) is 0 Å². The van der Waals surface area contributed by atoms with Gasteiger partial charge in [0.15, 0.2) is 0 Å². The Bertz CT molecular complexity index is 666. The third kappa shape index (κ3) is 3.34. The van der Waals surface area contributed by atoms with Crippen molar-refractivity contribution < 1.29 is 4.55 Å². The van der Waals surface area contributed by atoms with Gasteiger partial charge in [0.1, 0.15) is 21.8 Å². The predicted octanol–water partition coefficient (Wildman–Crippen LogP) is 5.70. The van der Waals surface area contributed by atoms with E-state index in [-0.39, 0.29) is 10.2 Å². The predicted molar refractivity (Wildman–Crippen MR) is 107 cm³/mol. The molecule has 0 radical (unpaired) electrons. The average molecular weight is 410 g/mol. The largest absolute Gasteiger partial charge is 0.591 e. The van der Waals surface area contributed by atoms with E-state index in [9.17, 15) is 4.55 Å². The van der Waals surface area contributed by atoms with Gasteiger partial charge in [-0.2, -0.15) is 0 Å². The lowest BCUT2D eigenvalue weighted by Gasteiger charge is -2.40. The van der Waals surface area contributed by atoms with Crippen LogP contribution in [0.2, 0.25) is 0 Å². The Hall–Kier alpha value is -0.320. The molecule has 4 atom stereocenters. The summed E-state index contributed by atoms with van der Waals surface area (Å²) >= 11 is 2.39. The van der Waals surface area contributed by atoms with Crippen molar-refractivity contribution in [1.82, 2.24) is 0 Å². The number of benzene rings is 1. The van der Waals surface area contributed by atoms with Crippen molar-refractivity contribution in [3.63, 3.8) is 0 Å². The highest BCUT2D eigenvalue weighted by molar-refractivity contribution is 9.10. The Morgan fingerprint density at radius 2 is 1.96 bits per heavy atom. The van der Waals surface area contributed by atoms with E-state index in [0.717, 1.165) is 35.4 Å². The van der Waals surface area contributed by atoms with Crippen molar-refractivity contribution in [3.05, 3.63) is 33.8 Å². The molecule has 1 aromatic carbocycles. The number of nitrogens with zero attached hydrogens (tertiary/aromatic N) is 1. The zero-order valence-electron chi connectivity index (χ0n) is 15.4. The Labute approximate surface area is 158 Å². The van der Waals surface area contributed by atoms with Gasteiger partial charge >= 0.3 is 0 Å². The highest BCUT2D eigenvalue weighted by Gasteiger charge is 2.48. The van der Waals surface area contributed by atoms with Crippen LogP contribution in [0.5, 0.6) is 0 Å². The van der Waals surface area contributed by atoms with Gasteiger partial charge in [-0.25, -0.2) is 0 Å². The minimum atomic E-state index is -1.22. The van der Waals surface area contributed by atoms with Crippen molar-refractivity contribution >= 4 is 33.0 Å². The van der Waals surface area contributed by atoms with Gasteiger partial charge < -0.3 is 4.55 Å². The fraction of sp³-hybridized carbons (Fsp3) is 0.650. The number of fused-ring (bicyclic) bond motifs is 1. The van der Waals surface area contributed by atoms with E-state index in [2.05, 4.69) is 48.0 Å². The molecule has 2 nitrogen and oxygen atoms in total. The number of rotatable bonds is 1. The standard InChI is InChI=1S/C20H28BrNOS/c1-13-8-9-20(11-14(13)2)12-15-6-7-16(21)10-17(15)18(20)22-24(23)19(3,4)5/h6-7,10,13-14H,8-9,11-12H2,1-5H3/t13-,14-,20-,24?/m0/s1. The van der Waals surface area contributed by atoms with Crippen molar-refractivity contribution in [3.8, 4) is 0 Å². The summed E-state index contributed by atoms with van der Waals surface area (Å²) in [6.07, 6.45) is 4.59. The smallest absolute Gasteiger partial charge is 0.144 e. The van der Waals surface area contributed by atoms with Gasteiger partial charge in [0.25, 0.3) is 0 Å². The highest BCUT2D eigenvalue weighted by Crippen LogP contribution is 2.51. The maximum absolute atomic E-state index is 12.8. The summed E-state index contributed by atoms with van der Waals surface area (Å²) in [7, 11) is 0. The fourth-order valence-corrected chi connectivity index (χ4v) is 5.20. The molecule has 0 heterocycles. The van der Waals surface area contributed by atoms with Crippen molar-refractivity contribution in [2.75, 3.05) is 0 Å². The summed E-state index contributed by atoms with van der Waals surface area (Å²) in [6, 6.07) is 6.50. The maximum atomic E-state index is 12.8. The topological polar surface area (TPSA) is 35.4 Å². The van der Waals surface area contributed by atoms with E-state index < -0.39 is 11.4 Å². The summed E-state index contributed by atoms with van der Waals surface area (Å²) in [6.45, 7) is 10.7. The van der Waals surface area contributed by atoms with E-state index in [0.29, 0.717) is 5.92 Å². The molecule has 132 valence electrons. The van der Waals surface area contributed by atoms with Crippen LogP contribution in [-0.2, 0) is 17.8 Å². The van der Waals surface area contributed by atoms with E-state index >= 15 is 0 Å². The van der Waals surface area contributed by atoms with Crippen molar-refractivity contribution in [2.45, 2.75) is 65.0 Å². The van der Waals surface area contributed by atoms with Gasteiger partial charge in [0, 0.05) is 15.5 Å². The first-order chi connectivity index (χ1) is 11.1. The molecule has 1 aromatic rings. The van der Waals surface area contributed by atoms with E-state index in [4.69, 9.17) is 4.40 Å². The molecule has 4 heteroatoms. The second-order valence-electron chi connectivity index (χ2n) is 8.76. The molecule has 0 bridgehead atoms. The maximum Gasteiger partial charge on any atom is 0.144 e. The first-order valence-electron chi connectivity index (χ1n) is 8.92. The number of hydrogen-bond acceptors (Lipinski definition) is 2. The molecular weight excluding hydrogens is 382 g/mol. The number of hydrogen-bond donors (Lipinski definition) is 0. The normalized spacial score (nSPS) is 33.0. The van der Waals surface area contributed by atoms with Crippen LogP contribution in [0.1, 0.15) is 65.0 Å². The molecule has 24 heavy (non-hydrogen) atoms. The molecule has 1 saturated carbocycles. The zero-order valence-corrected chi connectivity index (χ0v) is 17.8. The molecule has 3 rings (SSSR count). The Morgan fingerprint density at radius 3 is 2.58 bits per heavy atom. The van der Waals surface area contributed by atoms with E-state index in [1.807, 2.05) is 20.8 Å². The van der Waals surface area contributed by atoms with Crippen LogP contribution < -0.4 is 0 Å². The van der Waals surface area contributed by atoms with Gasteiger partial charge in [0.2, 0.25) is 0 Å². The lowest BCUT2D eigenvalue weighted by Crippen LogP contribution is -2.38. The molecule has 0 amide bonds. The van der Waals surface area contributed by atoms with Gasteiger partial charge in [-0.15, -0.1) is 0 Å². The third-order valence-electron chi connectivity index (χ3n) is 5.82. The lowest BCUT2D eigenvalue weighted by molar-refractivity contribution is 0.169. The van der Waals surface area contributed by atoms with Crippen LogP contribution in [0.15, 0.2) is 27.1 Å². The molecule has 0 saturated heterocycles. The monoisotopic (exact) mass is 409 g/mol. The summed E-state index contributed by atoms with van der Waals surface area (Å²) < 4.78 is 18.4. The van der Waals surface area contributed by atoms with Gasteiger partial charge in [-0.3, -0.25) is 0 Å². The zero-order chi connectivity index (χ0) is 17.7. The molecule has 2 aliphatic carbocycles. The van der Waals surface area contributed by atoms with Crippen molar-refractivity contribution in [2.24, 2.45) is 21.6 Å². The van der Waals surface area contributed by atoms with Crippen LogP contribution >= 0.6 is 15.9 Å². The molecule has 0 aromatic heterocycles. The van der Waals surface area contributed by atoms with Gasteiger partial charge in [-0.1, -0.05) is 40.2 Å². The summed E-state index contributed by atoms with van der Waals surface area (Å²) in [4.78, 5) is 0. The Kier molecular flexibility index (Phi) is 4.96. The summed E-state index contributed by atoms with van der Waals surface area (Å²) in [5.74, 6) is 1.45. The van der Waals surface area contributed by atoms with Crippen LogP contribution in [0, 0.1) is 17.3 Å². The second-order valence-corrected chi connectivity index (χ2v) is 11.6. The SMILES string of the molecule is C[C@H]1CC[C@@]2(Cc3ccc(Br)cc3C2=N[S+]([O-])C(C)(C)C)C[C@@H]1C. The number of halogens is 1. The van der Waals surface area contributed by atoms with Gasteiger partial charge in [-0.05, 0) is 76.0 Å². The fourth-order valence-electron chi connectivity index (χ4n) is 4.11. The summed E-state index contributed by atoms with van der Waals surface area (Å²) in [5.41, 5.74) is 3.76. The molecule has 2 aliphatic rings. The van der Waals surface area contributed by atoms with E-state index in [1.54, 1.807) is 0 Å². The average Bonchev–Trinajstić information content (AvgIpc) is 2.76. The van der Waals surface area contributed by atoms with Crippen LogP contribution in [0.3, 0.4) is 0 Å². The quantitative estimate of drug-likeness (QED) is 0.547. The molecule has 0 N–H and O–H groups in total. The minimum Gasteiger partial charge on any atom is -0.591 e. The Morgan fingerprint density at radius 1 is 1.25 bits per heavy atom. The van der Waals surface area contributed by atoms with Crippen LogP contribution in [0.25, 0.3) is 0 Å². The Balaban J connectivity index is 2.08. The molecule has 1 spiro atoms. The first-order valence-corrected chi connectivity index (χ1v) is 10.8. The summed E-state index contributed by atoms with van der Waals surface area (Å²) in [5, 5.41) is 0.